The molecular formula is C24H33NO10. The molecule has 0 saturated heterocycles. The highest BCUT2D eigenvalue weighted by Gasteiger charge is 2.34. The van der Waals surface area contributed by atoms with Crippen LogP contribution in [0.2, 0.25) is 0 Å². The highest BCUT2D eigenvalue weighted by atomic mass is 16.6. The number of esters is 1. The van der Waals surface area contributed by atoms with E-state index >= 15 is 0 Å². The number of ether oxygens (including phenoxy) is 5. The van der Waals surface area contributed by atoms with Gasteiger partial charge in [-0.15, -0.1) is 0 Å². The van der Waals surface area contributed by atoms with E-state index in [4.69, 9.17) is 28.8 Å². The first-order chi connectivity index (χ1) is 17.0. The van der Waals surface area contributed by atoms with Gasteiger partial charge >= 0.3 is 11.9 Å². The molecule has 11 nitrogen and oxygen atoms in total. The van der Waals surface area contributed by atoms with Gasteiger partial charge in [-0.1, -0.05) is 12.1 Å². The molecule has 0 unspecified atom stereocenters. The predicted molar refractivity (Wildman–Crippen MR) is 122 cm³/mol. The van der Waals surface area contributed by atoms with Gasteiger partial charge in [0, 0.05) is 12.8 Å². The van der Waals surface area contributed by atoms with Gasteiger partial charge in [-0.3, -0.25) is 24.1 Å². The zero-order chi connectivity index (χ0) is 25.3. The number of aliphatic carboxylic acids is 1. The van der Waals surface area contributed by atoms with Crippen molar-refractivity contribution >= 4 is 23.8 Å². The summed E-state index contributed by atoms with van der Waals surface area (Å²) in [5.41, 5.74) is 0.854. The average molecular weight is 496 g/mol. The molecule has 2 rings (SSSR count). The van der Waals surface area contributed by atoms with Gasteiger partial charge in [0.25, 0.3) is 11.8 Å². The quantitative estimate of drug-likeness (QED) is 0.161. The van der Waals surface area contributed by atoms with Crippen LogP contribution in [-0.4, -0.2) is 99.8 Å². The first kappa shape index (κ1) is 28.4. The van der Waals surface area contributed by atoms with E-state index in [0.29, 0.717) is 63.6 Å². The highest BCUT2D eigenvalue weighted by Crippen LogP contribution is 2.21. The minimum absolute atomic E-state index is 0.0520. The average Bonchev–Trinajstić information content (AvgIpc) is 3.09. The Morgan fingerprint density at radius 2 is 1.14 bits per heavy atom. The summed E-state index contributed by atoms with van der Waals surface area (Å²) in [7, 11) is 0. The van der Waals surface area contributed by atoms with Crippen LogP contribution in [0.3, 0.4) is 0 Å². The number of hydrogen-bond donors (Lipinski definition) is 1. The number of unbranched alkanes of at least 4 members (excludes halogenated alkanes) is 1. The molecule has 0 radical (unpaired) electrons. The lowest BCUT2D eigenvalue weighted by Crippen LogP contribution is -2.33. The number of hydrogen-bond acceptors (Lipinski definition) is 9. The van der Waals surface area contributed by atoms with E-state index in [1.54, 1.807) is 24.3 Å². The summed E-state index contributed by atoms with van der Waals surface area (Å²) >= 11 is 0. The lowest BCUT2D eigenvalue weighted by atomic mass is 10.1. The summed E-state index contributed by atoms with van der Waals surface area (Å²) in [6.45, 7) is 3.07. The molecule has 11 heteroatoms. The van der Waals surface area contributed by atoms with Gasteiger partial charge in [-0.25, -0.2) is 0 Å². The maximum Gasteiger partial charge on any atom is 0.305 e. The van der Waals surface area contributed by atoms with Crippen molar-refractivity contribution in [3.8, 4) is 0 Å². The number of rotatable bonds is 20. The van der Waals surface area contributed by atoms with Gasteiger partial charge < -0.3 is 28.8 Å². The molecule has 1 aliphatic rings. The van der Waals surface area contributed by atoms with E-state index in [2.05, 4.69) is 0 Å². The third-order valence-electron chi connectivity index (χ3n) is 4.97. The maximum absolute atomic E-state index is 12.2. The Labute approximate surface area is 204 Å². The van der Waals surface area contributed by atoms with Crippen molar-refractivity contribution in [2.24, 2.45) is 0 Å². The van der Waals surface area contributed by atoms with Crippen LogP contribution in [0.1, 0.15) is 46.4 Å². The van der Waals surface area contributed by atoms with E-state index in [1.807, 2.05) is 0 Å². The zero-order valence-corrected chi connectivity index (χ0v) is 19.8. The van der Waals surface area contributed by atoms with Crippen molar-refractivity contribution in [3.63, 3.8) is 0 Å². The summed E-state index contributed by atoms with van der Waals surface area (Å²) in [4.78, 5) is 47.5. The van der Waals surface area contributed by atoms with Crippen molar-refractivity contribution in [2.45, 2.75) is 25.7 Å². The second-order valence-corrected chi connectivity index (χ2v) is 7.58. The standard InChI is InChI=1S/C24H33NO10/c26-21(27)7-3-4-8-22(28)35-18-17-34-16-15-33-14-13-32-12-11-31-10-9-25-23(29)19-5-1-2-6-20(19)24(25)30/h1-2,5-6H,3-4,7-18H2,(H,26,27). The smallest absolute Gasteiger partial charge is 0.305 e. The summed E-state index contributed by atoms with van der Waals surface area (Å²) in [5, 5.41) is 8.52. The van der Waals surface area contributed by atoms with Crippen molar-refractivity contribution < 1.29 is 48.0 Å². The fourth-order valence-electron chi connectivity index (χ4n) is 3.19. The Hall–Kier alpha value is -2.86. The van der Waals surface area contributed by atoms with E-state index < -0.39 is 5.97 Å². The van der Waals surface area contributed by atoms with E-state index in [-0.39, 0.29) is 57.0 Å². The second kappa shape index (κ2) is 16.7. The summed E-state index contributed by atoms with van der Waals surface area (Å²) in [6.07, 6.45) is 1.20. The molecule has 0 atom stereocenters. The normalized spacial score (nSPS) is 12.7. The largest absolute Gasteiger partial charge is 0.481 e. The summed E-state index contributed by atoms with van der Waals surface area (Å²) < 4.78 is 26.5. The van der Waals surface area contributed by atoms with Crippen molar-refractivity contribution in [1.82, 2.24) is 4.90 Å². The summed E-state index contributed by atoms with van der Waals surface area (Å²) in [6, 6.07) is 6.75. The molecule has 35 heavy (non-hydrogen) atoms. The van der Waals surface area contributed by atoms with Crippen molar-refractivity contribution in [2.75, 3.05) is 66.0 Å². The number of fused-ring (bicyclic) bond motifs is 1. The van der Waals surface area contributed by atoms with Crippen LogP contribution in [0.4, 0.5) is 0 Å². The van der Waals surface area contributed by atoms with Gasteiger partial charge in [0.15, 0.2) is 0 Å². The predicted octanol–water partition coefficient (Wildman–Crippen LogP) is 1.54. The van der Waals surface area contributed by atoms with Crippen LogP contribution in [0.15, 0.2) is 24.3 Å². The number of carboxylic acids is 1. The molecule has 0 bridgehead atoms. The lowest BCUT2D eigenvalue weighted by Gasteiger charge is -2.13. The van der Waals surface area contributed by atoms with Gasteiger partial charge in [-0.05, 0) is 25.0 Å². The van der Waals surface area contributed by atoms with Crippen LogP contribution in [0, 0.1) is 0 Å². The molecular weight excluding hydrogens is 462 g/mol. The third-order valence-corrected chi connectivity index (χ3v) is 4.97. The first-order valence-electron chi connectivity index (χ1n) is 11.6. The van der Waals surface area contributed by atoms with E-state index in [9.17, 15) is 19.2 Å². The molecule has 0 fully saturated rings. The van der Waals surface area contributed by atoms with Gasteiger partial charge in [0.05, 0.1) is 70.5 Å². The van der Waals surface area contributed by atoms with E-state index in [1.165, 1.54) is 4.90 Å². The summed E-state index contributed by atoms with van der Waals surface area (Å²) in [5.74, 6) is -1.82. The Bertz CT molecular complexity index is 793. The molecule has 1 aromatic rings. The Balaban J connectivity index is 1.32. The number of carboxylic acid groups (broad SMARTS) is 1. The lowest BCUT2D eigenvalue weighted by molar-refractivity contribution is -0.146. The Kier molecular flexibility index (Phi) is 13.6. The second-order valence-electron chi connectivity index (χ2n) is 7.58. The maximum atomic E-state index is 12.2. The van der Waals surface area contributed by atoms with Crippen molar-refractivity contribution in [1.29, 1.82) is 0 Å². The number of carbonyl (C=O) groups excluding carboxylic acids is 3. The van der Waals surface area contributed by atoms with Crippen LogP contribution < -0.4 is 0 Å². The first-order valence-corrected chi connectivity index (χ1v) is 11.6. The monoisotopic (exact) mass is 495 g/mol. The number of benzene rings is 1. The van der Waals surface area contributed by atoms with Crippen LogP contribution in [0.25, 0.3) is 0 Å². The minimum Gasteiger partial charge on any atom is -0.481 e. The molecule has 2 amide bonds. The van der Waals surface area contributed by atoms with Crippen molar-refractivity contribution in [3.05, 3.63) is 35.4 Å². The van der Waals surface area contributed by atoms with Crippen LogP contribution in [0.5, 0.6) is 0 Å². The van der Waals surface area contributed by atoms with Gasteiger partial charge in [0.2, 0.25) is 0 Å². The highest BCUT2D eigenvalue weighted by molar-refractivity contribution is 6.21. The molecule has 1 aromatic carbocycles. The third kappa shape index (κ3) is 11.0. The zero-order valence-electron chi connectivity index (χ0n) is 19.8. The molecule has 1 N–H and O–H groups in total. The van der Waals surface area contributed by atoms with Crippen LogP contribution in [-0.2, 0) is 33.3 Å². The molecule has 0 aromatic heterocycles. The molecule has 1 heterocycles. The SMILES string of the molecule is O=C(O)CCCCC(=O)OCCOCCOCCOCCOCCN1C(=O)c2ccccc2C1=O. The van der Waals surface area contributed by atoms with Crippen LogP contribution >= 0.6 is 0 Å². The molecule has 0 spiro atoms. The molecule has 194 valence electrons. The topological polar surface area (TPSA) is 138 Å². The number of imide groups is 1. The van der Waals surface area contributed by atoms with Gasteiger partial charge in [-0.2, -0.15) is 0 Å². The Morgan fingerprint density at radius 1 is 0.686 bits per heavy atom. The fourth-order valence-corrected chi connectivity index (χ4v) is 3.19. The number of carbonyl (C=O) groups is 4. The van der Waals surface area contributed by atoms with Gasteiger partial charge in [0.1, 0.15) is 6.61 Å². The number of nitrogens with zero attached hydrogens (tertiary/aromatic N) is 1. The fraction of sp³-hybridized carbons (Fsp3) is 0.583. The molecule has 1 aliphatic heterocycles. The molecule has 0 saturated carbocycles. The Morgan fingerprint density at radius 3 is 1.66 bits per heavy atom. The number of amides is 2. The minimum atomic E-state index is -0.871. The van der Waals surface area contributed by atoms with E-state index in [0.717, 1.165) is 0 Å². The molecule has 0 aliphatic carbocycles.